The Morgan fingerprint density at radius 2 is 0.805 bits per heavy atom. The van der Waals surface area contributed by atoms with Crippen LogP contribution < -0.4 is 0 Å². The number of hydrogen-bond acceptors (Lipinski definition) is 2. The van der Waals surface area contributed by atoms with Gasteiger partial charge in [0.15, 0.2) is 0 Å². The summed E-state index contributed by atoms with van der Waals surface area (Å²) in [6, 6.07) is 47.7. The SMILES string of the molecule is Cc1ccc2sc3ccc(-c4ccc5sc6ccc(-c7c8ccccc8cc8ccccc78)cc6c5c4)cc3c2c1. The zero-order valence-corrected chi connectivity index (χ0v) is 24.1. The first-order valence-electron chi connectivity index (χ1n) is 14.0. The van der Waals surface area contributed by atoms with Crippen molar-refractivity contribution in [3.05, 3.63) is 133 Å². The maximum absolute atomic E-state index is 2.42. The minimum Gasteiger partial charge on any atom is -0.135 e. The van der Waals surface area contributed by atoms with Crippen LogP contribution in [0.1, 0.15) is 5.56 Å². The van der Waals surface area contributed by atoms with Gasteiger partial charge in [0, 0.05) is 40.3 Å². The topological polar surface area (TPSA) is 0 Å². The van der Waals surface area contributed by atoms with E-state index >= 15 is 0 Å². The maximum atomic E-state index is 2.42. The van der Waals surface area contributed by atoms with Gasteiger partial charge in [-0.15, -0.1) is 22.7 Å². The fourth-order valence-corrected chi connectivity index (χ4v) is 8.64. The highest BCUT2D eigenvalue weighted by Gasteiger charge is 2.14. The number of rotatable bonds is 2. The molecule has 0 saturated heterocycles. The van der Waals surface area contributed by atoms with E-state index in [4.69, 9.17) is 0 Å². The summed E-state index contributed by atoms with van der Waals surface area (Å²) in [5.41, 5.74) is 6.45. The predicted molar refractivity (Wildman–Crippen MR) is 183 cm³/mol. The van der Waals surface area contributed by atoms with Crippen LogP contribution in [0.15, 0.2) is 127 Å². The van der Waals surface area contributed by atoms with E-state index in [1.165, 1.54) is 89.7 Å². The van der Waals surface area contributed by atoms with Crippen LogP contribution in [0.2, 0.25) is 0 Å². The Bertz CT molecular complexity index is 2430. The number of hydrogen-bond donors (Lipinski definition) is 0. The van der Waals surface area contributed by atoms with Crippen LogP contribution in [0.3, 0.4) is 0 Å². The number of aryl methyl sites for hydroxylation is 1. The lowest BCUT2D eigenvalue weighted by molar-refractivity contribution is 1.52. The zero-order valence-electron chi connectivity index (χ0n) is 22.4. The van der Waals surface area contributed by atoms with Gasteiger partial charge in [0.1, 0.15) is 0 Å². The molecule has 0 atom stereocenters. The molecule has 7 aromatic carbocycles. The van der Waals surface area contributed by atoms with Gasteiger partial charge in [0.2, 0.25) is 0 Å². The number of thiophene rings is 2. The van der Waals surface area contributed by atoms with E-state index in [2.05, 4.69) is 134 Å². The van der Waals surface area contributed by atoms with Gasteiger partial charge in [-0.2, -0.15) is 0 Å². The molecule has 2 heterocycles. The third-order valence-corrected chi connectivity index (χ3v) is 10.8. The van der Waals surface area contributed by atoms with Crippen molar-refractivity contribution in [3.8, 4) is 22.3 Å². The molecule has 41 heavy (non-hydrogen) atoms. The maximum Gasteiger partial charge on any atom is 0.0355 e. The van der Waals surface area contributed by atoms with E-state index in [-0.39, 0.29) is 0 Å². The van der Waals surface area contributed by atoms with Gasteiger partial charge in [-0.25, -0.2) is 0 Å². The summed E-state index contributed by atoms with van der Waals surface area (Å²) in [4.78, 5) is 0. The van der Waals surface area contributed by atoms with Crippen LogP contribution in [0, 0.1) is 6.92 Å². The third-order valence-electron chi connectivity index (χ3n) is 8.49. The van der Waals surface area contributed by atoms with E-state index in [9.17, 15) is 0 Å². The summed E-state index contributed by atoms with van der Waals surface area (Å²) >= 11 is 3.77. The summed E-state index contributed by atoms with van der Waals surface area (Å²) < 4.78 is 5.38. The van der Waals surface area contributed by atoms with Crippen molar-refractivity contribution in [1.29, 1.82) is 0 Å². The molecular weight excluding hydrogens is 533 g/mol. The Balaban J connectivity index is 1.26. The summed E-state index contributed by atoms with van der Waals surface area (Å²) in [6.07, 6.45) is 0. The molecular formula is C39H24S2. The van der Waals surface area contributed by atoms with Gasteiger partial charge in [0.05, 0.1) is 0 Å². The summed E-state index contributed by atoms with van der Waals surface area (Å²) in [7, 11) is 0. The van der Waals surface area contributed by atoms with E-state index in [0.29, 0.717) is 0 Å². The Morgan fingerprint density at radius 3 is 1.37 bits per heavy atom. The third kappa shape index (κ3) is 3.58. The number of fused-ring (bicyclic) bond motifs is 8. The zero-order chi connectivity index (χ0) is 27.1. The van der Waals surface area contributed by atoms with Crippen LogP contribution in [-0.4, -0.2) is 0 Å². The Kier molecular flexibility index (Phi) is 4.96. The van der Waals surface area contributed by atoms with Crippen molar-refractivity contribution in [2.75, 3.05) is 0 Å². The van der Waals surface area contributed by atoms with Gasteiger partial charge in [-0.3, -0.25) is 0 Å². The standard InChI is InChI=1S/C39H24S2/c1-23-10-14-35-31(18-23)32-20-24(11-15-36(32)40-35)25-12-16-37-33(21-25)34-22-28(13-17-38(34)41-37)39-29-8-4-2-6-26(29)19-27-7-3-5-9-30(27)39/h2-22H,1H3. The number of benzene rings is 7. The molecule has 0 saturated carbocycles. The van der Waals surface area contributed by atoms with Crippen molar-refractivity contribution < 1.29 is 0 Å². The molecule has 0 fully saturated rings. The van der Waals surface area contributed by atoms with Gasteiger partial charge in [-0.05, 0) is 105 Å². The second kappa shape index (κ2) is 8.75. The van der Waals surface area contributed by atoms with Crippen molar-refractivity contribution in [3.63, 3.8) is 0 Å². The fraction of sp³-hybridized carbons (Fsp3) is 0.0256. The first-order valence-corrected chi connectivity index (χ1v) is 15.6. The molecule has 2 aromatic heterocycles. The van der Waals surface area contributed by atoms with E-state index in [1.54, 1.807) is 0 Å². The first kappa shape index (κ1) is 23.2. The van der Waals surface area contributed by atoms with Gasteiger partial charge >= 0.3 is 0 Å². The average Bonchev–Trinajstić information content (AvgIpc) is 3.56. The molecule has 0 N–H and O–H groups in total. The molecule has 0 unspecified atom stereocenters. The molecule has 0 aliphatic carbocycles. The molecule has 0 bridgehead atoms. The minimum absolute atomic E-state index is 1.27. The van der Waals surface area contributed by atoms with Crippen molar-refractivity contribution in [2.24, 2.45) is 0 Å². The Hall–Kier alpha value is -4.50. The largest absolute Gasteiger partial charge is 0.135 e. The van der Waals surface area contributed by atoms with Crippen molar-refractivity contribution >= 4 is 84.6 Å². The first-order chi connectivity index (χ1) is 20.2. The lowest BCUT2D eigenvalue weighted by Gasteiger charge is -2.12. The van der Waals surface area contributed by atoms with Crippen LogP contribution in [0.25, 0.3) is 84.1 Å². The summed E-state index contributed by atoms with van der Waals surface area (Å²) in [5.74, 6) is 0. The van der Waals surface area contributed by atoms with Gasteiger partial charge < -0.3 is 0 Å². The molecule has 0 aliphatic heterocycles. The molecule has 9 rings (SSSR count). The molecule has 2 heteroatoms. The van der Waals surface area contributed by atoms with Crippen LogP contribution in [0.5, 0.6) is 0 Å². The normalized spacial score (nSPS) is 12.0. The summed E-state index contributed by atoms with van der Waals surface area (Å²) in [5, 5.41) is 10.6. The molecule has 0 aliphatic rings. The van der Waals surface area contributed by atoms with Gasteiger partial charge in [0.25, 0.3) is 0 Å². The molecule has 0 nitrogen and oxygen atoms in total. The lowest BCUT2D eigenvalue weighted by atomic mass is 9.91. The molecule has 0 spiro atoms. The highest BCUT2D eigenvalue weighted by Crippen LogP contribution is 2.43. The van der Waals surface area contributed by atoms with E-state index in [0.717, 1.165) is 0 Å². The molecule has 9 aromatic rings. The minimum atomic E-state index is 1.27. The van der Waals surface area contributed by atoms with Crippen LogP contribution in [-0.2, 0) is 0 Å². The highest BCUT2D eigenvalue weighted by molar-refractivity contribution is 7.26. The highest BCUT2D eigenvalue weighted by atomic mass is 32.1. The Morgan fingerprint density at radius 1 is 0.366 bits per heavy atom. The smallest absolute Gasteiger partial charge is 0.0355 e. The molecule has 0 amide bonds. The second-order valence-electron chi connectivity index (χ2n) is 11.0. The average molecular weight is 557 g/mol. The van der Waals surface area contributed by atoms with Crippen molar-refractivity contribution in [1.82, 2.24) is 0 Å². The predicted octanol–water partition coefficient (Wildman–Crippen LogP) is 12.4. The molecule has 0 radical (unpaired) electrons. The fourth-order valence-electron chi connectivity index (χ4n) is 6.51. The quantitative estimate of drug-likeness (QED) is 0.186. The monoisotopic (exact) mass is 556 g/mol. The Labute approximate surface area is 245 Å². The summed E-state index contributed by atoms with van der Waals surface area (Å²) in [6.45, 7) is 2.18. The molecule has 192 valence electrons. The van der Waals surface area contributed by atoms with Crippen molar-refractivity contribution in [2.45, 2.75) is 6.92 Å². The van der Waals surface area contributed by atoms with Crippen LogP contribution >= 0.6 is 22.7 Å². The van der Waals surface area contributed by atoms with Crippen LogP contribution in [0.4, 0.5) is 0 Å². The van der Waals surface area contributed by atoms with E-state index in [1.807, 2.05) is 22.7 Å². The van der Waals surface area contributed by atoms with E-state index < -0.39 is 0 Å². The lowest BCUT2D eigenvalue weighted by Crippen LogP contribution is -1.85. The van der Waals surface area contributed by atoms with Gasteiger partial charge in [-0.1, -0.05) is 78.4 Å². The second-order valence-corrected chi connectivity index (χ2v) is 13.2.